The molecule has 0 N–H and O–H groups in total. The molecule has 1 rings (SSSR count). The first-order valence-electron chi connectivity index (χ1n) is 4.41. The first-order chi connectivity index (χ1) is 6.59. The van der Waals surface area contributed by atoms with E-state index in [2.05, 4.69) is 17.6 Å². The van der Waals surface area contributed by atoms with Gasteiger partial charge in [0.05, 0.1) is 5.69 Å². The Labute approximate surface area is 89.5 Å². The predicted molar refractivity (Wildman–Crippen MR) is 61.8 cm³/mol. The van der Waals surface area contributed by atoms with Gasteiger partial charge in [0.25, 0.3) is 0 Å². The Balaban J connectivity index is 2.86. The van der Waals surface area contributed by atoms with Crippen LogP contribution in [0.3, 0.4) is 0 Å². The van der Waals surface area contributed by atoms with Crippen LogP contribution in [-0.4, -0.2) is 11.5 Å². The van der Waals surface area contributed by atoms with Gasteiger partial charge in [-0.1, -0.05) is 12.1 Å². The predicted octanol–water partition coefficient (Wildman–Crippen LogP) is 3.05. The quantitative estimate of drug-likeness (QED) is 0.599. The highest BCUT2D eigenvalue weighted by Crippen LogP contribution is 2.22. The molecule has 0 saturated carbocycles. The normalized spacial score (nSPS) is 11.5. The number of rotatable bonds is 3. The number of ketones is 1. The van der Waals surface area contributed by atoms with E-state index in [4.69, 9.17) is 0 Å². The van der Waals surface area contributed by atoms with Gasteiger partial charge in [0.1, 0.15) is 5.78 Å². The maximum absolute atomic E-state index is 10.8. The van der Waals surface area contributed by atoms with E-state index in [0.717, 1.165) is 16.3 Å². The molecule has 0 radical (unpaired) electrons. The molecule has 3 heteroatoms. The van der Waals surface area contributed by atoms with E-state index in [9.17, 15) is 4.79 Å². The summed E-state index contributed by atoms with van der Waals surface area (Å²) < 4.78 is 0. The van der Waals surface area contributed by atoms with Crippen molar-refractivity contribution in [1.82, 2.24) is 0 Å². The largest absolute Gasteiger partial charge is 0.300 e. The Morgan fingerprint density at radius 1 is 1.36 bits per heavy atom. The van der Waals surface area contributed by atoms with Crippen LogP contribution >= 0.6 is 12.6 Å². The van der Waals surface area contributed by atoms with Crippen molar-refractivity contribution in [1.29, 1.82) is 0 Å². The number of carbonyl (C=O) groups is 1. The van der Waals surface area contributed by atoms with E-state index in [1.165, 1.54) is 0 Å². The van der Waals surface area contributed by atoms with Crippen LogP contribution in [0.4, 0.5) is 5.69 Å². The number of carbonyl (C=O) groups excluding carboxylic acids is 1. The monoisotopic (exact) mass is 207 g/mol. The van der Waals surface area contributed by atoms with Crippen LogP contribution in [-0.2, 0) is 4.79 Å². The standard InChI is InChI=1S/C11H13NOS/c1-8(7-9(2)13)12-10-5-3-4-6-11(10)14/h3-6,14H,7H2,1-2H3. The van der Waals surface area contributed by atoms with Gasteiger partial charge >= 0.3 is 0 Å². The molecule has 2 nitrogen and oxygen atoms in total. The first-order valence-corrected chi connectivity index (χ1v) is 4.86. The zero-order chi connectivity index (χ0) is 10.6. The van der Waals surface area contributed by atoms with Crippen molar-refractivity contribution in [2.75, 3.05) is 0 Å². The van der Waals surface area contributed by atoms with Gasteiger partial charge < -0.3 is 0 Å². The SMILES string of the molecule is CC(=O)CC(C)=Nc1ccccc1S. The molecule has 0 bridgehead atoms. The zero-order valence-electron chi connectivity index (χ0n) is 8.32. The van der Waals surface area contributed by atoms with E-state index in [1.807, 2.05) is 31.2 Å². The highest BCUT2D eigenvalue weighted by molar-refractivity contribution is 7.80. The molecule has 14 heavy (non-hydrogen) atoms. The van der Waals surface area contributed by atoms with Crippen LogP contribution in [0.5, 0.6) is 0 Å². The van der Waals surface area contributed by atoms with Crippen molar-refractivity contribution < 1.29 is 4.79 Å². The Hall–Kier alpha value is -1.09. The van der Waals surface area contributed by atoms with Crippen LogP contribution in [0.15, 0.2) is 34.2 Å². The third kappa shape index (κ3) is 3.34. The maximum Gasteiger partial charge on any atom is 0.135 e. The Kier molecular flexibility index (Phi) is 3.89. The molecule has 0 fully saturated rings. The van der Waals surface area contributed by atoms with Crippen LogP contribution < -0.4 is 0 Å². The molecule has 74 valence electrons. The molecule has 0 amide bonds. The van der Waals surface area contributed by atoms with Crippen LogP contribution in [0.1, 0.15) is 20.3 Å². The molecular weight excluding hydrogens is 194 g/mol. The van der Waals surface area contributed by atoms with E-state index in [1.54, 1.807) is 6.92 Å². The smallest absolute Gasteiger partial charge is 0.135 e. The highest BCUT2D eigenvalue weighted by atomic mass is 32.1. The summed E-state index contributed by atoms with van der Waals surface area (Å²) >= 11 is 4.27. The third-order valence-corrected chi connectivity index (χ3v) is 2.08. The van der Waals surface area contributed by atoms with Crippen LogP contribution in [0, 0.1) is 0 Å². The lowest BCUT2D eigenvalue weighted by Gasteiger charge is -2.00. The van der Waals surface area contributed by atoms with Gasteiger partial charge in [-0.15, -0.1) is 12.6 Å². The second kappa shape index (κ2) is 4.96. The minimum atomic E-state index is 0.128. The van der Waals surface area contributed by atoms with Crippen molar-refractivity contribution in [3.05, 3.63) is 24.3 Å². The summed E-state index contributed by atoms with van der Waals surface area (Å²) in [6, 6.07) is 7.57. The van der Waals surface area contributed by atoms with E-state index >= 15 is 0 Å². The zero-order valence-corrected chi connectivity index (χ0v) is 9.21. The fourth-order valence-electron chi connectivity index (χ4n) is 1.16. The lowest BCUT2D eigenvalue weighted by atomic mass is 10.2. The second-order valence-electron chi connectivity index (χ2n) is 3.21. The van der Waals surface area contributed by atoms with Crippen LogP contribution in [0.2, 0.25) is 0 Å². The summed E-state index contributed by atoms with van der Waals surface area (Å²) in [5, 5.41) is 0. The number of aliphatic imine (C=N–C) groups is 1. The van der Waals surface area contributed by atoms with E-state index in [0.29, 0.717) is 6.42 Å². The van der Waals surface area contributed by atoms with Gasteiger partial charge in [0, 0.05) is 17.0 Å². The van der Waals surface area contributed by atoms with Gasteiger partial charge in [0.15, 0.2) is 0 Å². The summed E-state index contributed by atoms with van der Waals surface area (Å²) in [6.07, 6.45) is 0.405. The number of nitrogens with zero attached hydrogens (tertiary/aromatic N) is 1. The minimum absolute atomic E-state index is 0.128. The van der Waals surface area contributed by atoms with Gasteiger partial charge in [-0.05, 0) is 26.0 Å². The molecule has 1 aromatic carbocycles. The average Bonchev–Trinajstić information content (AvgIpc) is 2.07. The van der Waals surface area contributed by atoms with E-state index in [-0.39, 0.29) is 5.78 Å². The fourth-order valence-corrected chi connectivity index (χ4v) is 1.37. The van der Waals surface area contributed by atoms with Gasteiger partial charge in [-0.3, -0.25) is 9.79 Å². The second-order valence-corrected chi connectivity index (χ2v) is 3.70. The van der Waals surface area contributed by atoms with Crippen molar-refractivity contribution >= 4 is 29.8 Å². The number of para-hydroxylation sites is 1. The summed E-state index contributed by atoms with van der Waals surface area (Å²) in [5.74, 6) is 0.128. The highest BCUT2D eigenvalue weighted by Gasteiger charge is 1.99. The molecule has 0 spiro atoms. The molecule has 0 aromatic heterocycles. The lowest BCUT2D eigenvalue weighted by Crippen LogP contribution is -1.99. The average molecular weight is 207 g/mol. The van der Waals surface area contributed by atoms with Gasteiger partial charge in [-0.25, -0.2) is 0 Å². The number of hydrogen-bond donors (Lipinski definition) is 1. The Morgan fingerprint density at radius 3 is 2.57 bits per heavy atom. The molecular formula is C11H13NOS. The molecule has 0 aliphatic heterocycles. The van der Waals surface area contributed by atoms with Crippen molar-refractivity contribution in [3.8, 4) is 0 Å². The fraction of sp³-hybridized carbons (Fsp3) is 0.273. The molecule has 0 atom stereocenters. The van der Waals surface area contributed by atoms with Crippen molar-refractivity contribution in [3.63, 3.8) is 0 Å². The van der Waals surface area contributed by atoms with Gasteiger partial charge in [-0.2, -0.15) is 0 Å². The summed E-state index contributed by atoms with van der Waals surface area (Å²) in [7, 11) is 0. The number of Topliss-reactive ketones (excluding diaryl/α,β-unsaturated/α-hetero) is 1. The summed E-state index contributed by atoms with van der Waals surface area (Å²) in [5.41, 5.74) is 1.63. The minimum Gasteiger partial charge on any atom is -0.300 e. The molecule has 0 unspecified atom stereocenters. The molecule has 0 aliphatic rings. The summed E-state index contributed by atoms with van der Waals surface area (Å²) in [6.45, 7) is 3.41. The molecule has 0 aliphatic carbocycles. The molecule has 0 heterocycles. The number of hydrogen-bond acceptors (Lipinski definition) is 3. The van der Waals surface area contributed by atoms with Gasteiger partial charge in [0.2, 0.25) is 0 Å². The third-order valence-electron chi connectivity index (χ3n) is 1.70. The maximum atomic E-state index is 10.8. The Bertz CT molecular complexity index is 371. The molecule has 0 saturated heterocycles. The lowest BCUT2D eigenvalue weighted by molar-refractivity contribution is -0.115. The number of thiol groups is 1. The first kappa shape index (κ1) is 11.0. The topological polar surface area (TPSA) is 29.4 Å². The molecule has 1 aromatic rings. The van der Waals surface area contributed by atoms with E-state index < -0.39 is 0 Å². The summed E-state index contributed by atoms with van der Waals surface area (Å²) in [4.78, 5) is 16.0. The number of benzene rings is 1. The van der Waals surface area contributed by atoms with Crippen molar-refractivity contribution in [2.24, 2.45) is 4.99 Å². The van der Waals surface area contributed by atoms with Crippen LogP contribution in [0.25, 0.3) is 0 Å². The Morgan fingerprint density at radius 2 is 2.00 bits per heavy atom. The van der Waals surface area contributed by atoms with Crippen molar-refractivity contribution in [2.45, 2.75) is 25.2 Å².